The number of allylic oxidation sites excluding steroid dienone is 4. The van der Waals surface area contributed by atoms with Crippen LogP contribution in [0.5, 0.6) is 0 Å². The summed E-state index contributed by atoms with van der Waals surface area (Å²) >= 11 is 0. The summed E-state index contributed by atoms with van der Waals surface area (Å²) in [6.07, 6.45) is 13.3. The second kappa shape index (κ2) is 9.83. The number of benzene rings is 1. The van der Waals surface area contributed by atoms with Gasteiger partial charge in [0.05, 0.1) is 12.3 Å². The Morgan fingerprint density at radius 2 is 1.90 bits per heavy atom. The highest BCUT2D eigenvalue weighted by molar-refractivity contribution is 5.98. The lowest BCUT2D eigenvalue weighted by Gasteiger charge is -2.55. The molecule has 0 spiro atoms. The number of rotatable bonds is 5. The number of hydrazone groups is 1. The van der Waals surface area contributed by atoms with Gasteiger partial charge in [-0.3, -0.25) is 0 Å². The van der Waals surface area contributed by atoms with Gasteiger partial charge in [0.2, 0.25) is 0 Å². The van der Waals surface area contributed by atoms with E-state index in [-0.39, 0.29) is 30.8 Å². The number of nitrogens with zero attached hydrogens (tertiary/aromatic N) is 1. The molecule has 0 aromatic heterocycles. The quantitative estimate of drug-likeness (QED) is 0.308. The maximum absolute atomic E-state index is 15.3. The van der Waals surface area contributed by atoms with Gasteiger partial charge in [-0.1, -0.05) is 36.8 Å². The van der Waals surface area contributed by atoms with Gasteiger partial charge in [-0.25, -0.2) is 10.2 Å². The summed E-state index contributed by atoms with van der Waals surface area (Å²) in [5.74, 6) is -1.34. The Labute approximate surface area is 235 Å². The third kappa shape index (κ3) is 4.22. The number of hydrogen-bond acceptors (Lipinski definition) is 4. The van der Waals surface area contributed by atoms with E-state index in [2.05, 4.69) is 40.9 Å². The van der Waals surface area contributed by atoms with Crippen LogP contribution in [-0.4, -0.2) is 35.0 Å². The van der Waals surface area contributed by atoms with E-state index in [9.17, 15) is 9.90 Å². The molecular weight excluding hydrogens is 510 g/mol. The first-order chi connectivity index (χ1) is 19.1. The largest absolute Gasteiger partial charge is 0.449 e. The van der Waals surface area contributed by atoms with E-state index in [1.54, 1.807) is 12.8 Å². The molecule has 1 amide bonds. The number of nitrogens with one attached hydrogen (secondary N) is 1. The van der Waals surface area contributed by atoms with Crippen LogP contribution in [-0.2, 0) is 4.74 Å². The van der Waals surface area contributed by atoms with E-state index in [0.717, 1.165) is 30.5 Å². The van der Waals surface area contributed by atoms with E-state index in [1.165, 1.54) is 35.1 Å². The number of carbonyl (C=O) groups is 1. The average Bonchev–Trinajstić information content (AvgIpc) is 3.76. The molecule has 0 heterocycles. The first-order valence-corrected chi connectivity index (χ1v) is 14.7. The molecule has 7 heteroatoms. The normalized spacial score (nSPS) is 34.4. The highest BCUT2D eigenvalue weighted by atomic mass is 19.3. The second-order valence-corrected chi connectivity index (χ2v) is 12.5. The number of aliphatic hydroxyl groups is 1. The summed E-state index contributed by atoms with van der Waals surface area (Å²) in [5, 5.41) is 16.0. The number of terminal acetylenes is 1. The van der Waals surface area contributed by atoms with Crippen molar-refractivity contribution < 1.29 is 23.4 Å². The molecule has 212 valence electrons. The second-order valence-electron chi connectivity index (χ2n) is 12.5. The molecule has 1 unspecified atom stereocenters. The van der Waals surface area contributed by atoms with Crippen LogP contribution in [0.25, 0.3) is 0 Å². The number of hydrogen-bond donors (Lipinski definition) is 2. The fraction of sp³-hybridized carbons (Fsp3) is 0.576. The van der Waals surface area contributed by atoms with E-state index < -0.39 is 23.0 Å². The van der Waals surface area contributed by atoms with Crippen LogP contribution in [0, 0.1) is 29.6 Å². The Hall–Kier alpha value is -2.98. The first kappa shape index (κ1) is 27.2. The summed E-state index contributed by atoms with van der Waals surface area (Å²) in [6.45, 7) is 3.89. The molecule has 5 aliphatic carbocycles. The summed E-state index contributed by atoms with van der Waals surface area (Å²) < 4.78 is 35.5. The SMILES string of the molecule is C#CC(F)(F)[C@]1(O)CC[C@H]2[C@@H]3CCC4=C/C(=N/NC(=O)OCC)CCC4=C3C(c3ccc(C4CC4)cc3)C[C@@]21C. The topological polar surface area (TPSA) is 70.9 Å². The van der Waals surface area contributed by atoms with Gasteiger partial charge >= 0.3 is 12.0 Å². The highest BCUT2D eigenvalue weighted by Gasteiger charge is 2.71. The van der Waals surface area contributed by atoms with Crippen molar-refractivity contribution in [3.05, 3.63) is 58.2 Å². The zero-order valence-corrected chi connectivity index (χ0v) is 23.3. The Kier molecular flexibility index (Phi) is 6.69. The Morgan fingerprint density at radius 1 is 1.18 bits per heavy atom. The van der Waals surface area contributed by atoms with Gasteiger partial charge in [0.25, 0.3) is 0 Å². The van der Waals surface area contributed by atoms with Crippen LogP contribution < -0.4 is 5.43 Å². The van der Waals surface area contributed by atoms with Gasteiger partial charge in [0, 0.05) is 11.3 Å². The third-order valence-corrected chi connectivity index (χ3v) is 10.6. The number of amides is 1. The number of halogens is 2. The molecule has 1 aromatic rings. The fourth-order valence-electron chi connectivity index (χ4n) is 8.40. The summed E-state index contributed by atoms with van der Waals surface area (Å²) in [4.78, 5) is 11.8. The molecule has 5 nitrogen and oxygen atoms in total. The molecule has 1 aromatic carbocycles. The zero-order valence-electron chi connectivity index (χ0n) is 23.3. The molecule has 0 radical (unpaired) electrons. The van der Waals surface area contributed by atoms with Crippen LogP contribution in [0.15, 0.2) is 52.2 Å². The van der Waals surface area contributed by atoms with Gasteiger partial charge in [-0.05, 0) is 117 Å². The highest BCUT2D eigenvalue weighted by Crippen LogP contribution is 2.69. The standard InChI is InChI=1S/C33H38F2N2O3/c1-4-33(34,35)32(39)17-16-28-26-14-12-23-18-24(36-37-30(38)40-5-2)13-15-25(23)29(26)27(19-31(28,32)3)22-10-8-21(9-11-22)20-6-7-20/h1,8-11,18,20,26-28,39H,5-7,12-17,19H2,2-3H3,(H,37,38)/b36-24+/t26-,27?,28-,31-,32-/m0/s1. The molecular formula is C33H38F2N2O3. The molecule has 5 atom stereocenters. The number of carbonyl (C=O) groups excluding carboxylic acids is 1. The lowest BCUT2D eigenvalue weighted by Crippen LogP contribution is -2.60. The first-order valence-electron chi connectivity index (χ1n) is 14.7. The zero-order chi connectivity index (χ0) is 28.3. The fourth-order valence-corrected chi connectivity index (χ4v) is 8.40. The van der Waals surface area contributed by atoms with Crippen molar-refractivity contribution in [1.82, 2.24) is 5.43 Å². The maximum Gasteiger partial charge on any atom is 0.427 e. The van der Waals surface area contributed by atoms with Crippen LogP contribution in [0.4, 0.5) is 13.6 Å². The molecule has 6 rings (SSSR count). The predicted molar refractivity (Wildman–Crippen MR) is 150 cm³/mol. The molecule has 5 aliphatic rings. The molecule has 0 bridgehead atoms. The minimum atomic E-state index is -3.59. The van der Waals surface area contributed by atoms with Crippen LogP contribution in [0.3, 0.4) is 0 Å². The molecule has 3 saturated carbocycles. The molecule has 3 fully saturated rings. The minimum Gasteiger partial charge on any atom is -0.449 e. The minimum absolute atomic E-state index is 0.0108. The maximum atomic E-state index is 15.3. The lowest BCUT2D eigenvalue weighted by molar-refractivity contribution is -0.209. The lowest BCUT2D eigenvalue weighted by atomic mass is 9.50. The number of ether oxygens (including phenoxy) is 1. The number of alkyl halides is 2. The van der Waals surface area contributed by atoms with E-state index in [4.69, 9.17) is 11.2 Å². The molecule has 0 saturated heterocycles. The smallest absolute Gasteiger partial charge is 0.427 e. The third-order valence-electron chi connectivity index (χ3n) is 10.6. The average molecular weight is 549 g/mol. The van der Waals surface area contributed by atoms with Crippen LogP contribution in [0.2, 0.25) is 0 Å². The van der Waals surface area contributed by atoms with Crippen molar-refractivity contribution in [2.75, 3.05) is 6.61 Å². The Bertz CT molecular complexity index is 1340. The monoisotopic (exact) mass is 548 g/mol. The number of fused-ring (bicyclic) bond motifs is 4. The van der Waals surface area contributed by atoms with Gasteiger partial charge in [0.1, 0.15) is 5.60 Å². The van der Waals surface area contributed by atoms with E-state index >= 15 is 8.78 Å². The molecule has 2 N–H and O–H groups in total. The van der Waals surface area contributed by atoms with Crippen LogP contribution >= 0.6 is 0 Å². The Balaban J connectivity index is 1.42. The van der Waals surface area contributed by atoms with Gasteiger partial charge in [-0.15, -0.1) is 6.42 Å². The van der Waals surface area contributed by atoms with Gasteiger partial charge in [0.15, 0.2) is 0 Å². The van der Waals surface area contributed by atoms with Crippen molar-refractivity contribution in [3.63, 3.8) is 0 Å². The summed E-state index contributed by atoms with van der Waals surface area (Å²) in [7, 11) is 0. The van der Waals surface area contributed by atoms with Crippen molar-refractivity contribution in [1.29, 1.82) is 0 Å². The Morgan fingerprint density at radius 3 is 2.58 bits per heavy atom. The summed E-state index contributed by atoms with van der Waals surface area (Å²) in [5.41, 5.74) is 6.38. The van der Waals surface area contributed by atoms with Crippen molar-refractivity contribution >= 4 is 11.8 Å². The van der Waals surface area contributed by atoms with Crippen LogP contribution in [0.1, 0.15) is 94.6 Å². The van der Waals surface area contributed by atoms with Gasteiger partial charge < -0.3 is 9.84 Å². The van der Waals surface area contributed by atoms with Gasteiger partial charge in [-0.2, -0.15) is 13.9 Å². The van der Waals surface area contributed by atoms with E-state index in [0.29, 0.717) is 25.2 Å². The van der Waals surface area contributed by atoms with E-state index in [1.807, 2.05) is 6.92 Å². The van der Waals surface area contributed by atoms with Crippen molar-refractivity contribution in [2.24, 2.45) is 22.4 Å². The molecule has 40 heavy (non-hydrogen) atoms. The van der Waals surface area contributed by atoms with Crippen molar-refractivity contribution in [2.45, 2.75) is 95.0 Å². The predicted octanol–water partition coefficient (Wildman–Crippen LogP) is 7.00. The van der Waals surface area contributed by atoms with Crippen molar-refractivity contribution in [3.8, 4) is 12.3 Å². The summed E-state index contributed by atoms with van der Waals surface area (Å²) in [6, 6.07) is 8.75. The molecule has 0 aliphatic heterocycles.